The molecule has 2 heterocycles. The fraction of sp³-hybridized carbons (Fsp3) is 0.450. The van der Waals surface area contributed by atoms with Gasteiger partial charge in [-0.3, -0.25) is 18.9 Å². The minimum Gasteiger partial charge on any atom is -0.497 e. The van der Waals surface area contributed by atoms with Crippen LogP contribution in [0.4, 0.5) is 0 Å². The van der Waals surface area contributed by atoms with E-state index in [1.807, 2.05) is 0 Å². The number of methoxy groups -OCH3 is 1. The highest BCUT2D eigenvalue weighted by molar-refractivity contribution is 7.66. The van der Waals surface area contributed by atoms with Crippen LogP contribution in [0.2, 0.25) is 0 Å². The maximum atomic E-state index is 13.3. The van der Waals surface area contributed by atoms with Gasteiger partial charge < -0.3 is 33.8 Å². The van der Waals surface area contributed by atoms with E-state index in [1.165, 1.54) is 39.2 Å². The number of hydrogen-bond acceptors (Lipinski definition) is 13. The van der Waals surface area contributed by atoms with Crippen LogP contribution in [-0.2, 0) is 36.3 Å². The van der Waals surface area contributed by atoms with Crippen molar-refractivity contribution in [1.29, 1.82) is 0 Å². The largest absolute Gasteiger partial charge is 0.497 e. The van der Waals surface area contributed by atoms with Crippen LogP contribution in [0.3, 0.4) is 0 Å². The van der Waals surface area contributed by atoms with Crippen LogP contribution in [0.25, 0.3) is 10.4 Å². The third kappa shape index (κ3) is 9.42. The highest BCUT2D eigenvalue weighted by atomic mass is 31.3. The second-order valence-corrected chi connectivity index (χ2v) is 13.4. The number of aromatic amines is 1. The molecule has 1 aromatic carbocycles. The van der Waals surface area contributed by atoms with Crippen molar-refractivity contribution < 1.29 is 65.4 Å². The molecule has 1 fully saturated rings. The summed E-state index contributed by atoms with van der Waals surface area (Å²) in [6.07, 6.45) is -3.23. The molecule has 0 saturated carbocycles. The molecule has 1 aliphatic heterocycles. The first kappa shape index (κ1) is 35.3. The van der Waals surface area contributed by atoms with Crippen LogP contribution < -0.4 is 16.0 Å². The molecule has 1 saturated heterocycles. The molecule has 0 spiro atoms. The number of H-pyrrole nitrogens is 1. The highest BCUT2D eigenvalue weighted by Gasteiger charge is 2.44. The van der Waals surface area contributed by atoms with E-state index in [-0.39, 0.29) is 23.1 Å². The van der Waals surface area contributed by atoms with Gasteiger partial charge in [-0.2, -0.15) is 8.62 Å². The second kappa shape index (κ2) is 13.9. The van der Waals surface area contributed by atoms with Crippen molar-refractivity contribution in [1.82, 2.24) is 9.55 Å². The van der Waals surface area contributed by atoms with Gasteiger partial charge in [-0.25, -0.2) is 23.3 Å². The standard InChI is InChI=1S/C20H26N5O16P3/c1-10-8-25(20(28)22-18(10)26)17-7-15(16(38-17)9-37-43(32,33)41-44(34,35)40-42(29,30)31)39-19(27)13-5-4-12(36-3)6-14(13)11(2)23-24-21/h4-6,8,11,15-17H,7,9H2,1-3H3,(H,32,33)(H,34,35)(H,22,26,28)(H2,29,30,31)/t11?,15?,16-,17-/m1/s1. The Morgan fingerprint density at radius 2 is 1.89 bits per heavy atom. The lowest BCUT2D eigenvalue weighted by Crippen LogP contribution is -2.33. The number of nitrogens with one attached hydrogen (secondary N) is 1. The molecule has 5 N–H and O–H groups in total. The van der Waals surface area contributed by atoms with Crippen molar-refractivity contribution in [3.05, 3.63) is 72.4 Å². The van der Waals surface area contributed by atoms with Crippen molar-refractivity contribution in [2.45, 2.75) is 44.7 Å². The minimum atomic E-state index is -5.83. The molecule has 0 amide bonds. The highest BCUT2D eigenvalue weighted by Crippen LogP contribution is 2.66. The smallest absolute Gasteiger partial charge is 0.490 e. The second-order valence-electron chi connectivity index (χ2n) is 9.01. The Labute approximate surface area is 246 Å². The maximum absolute atomic E-state index is 13.3. The van der Waals surface area contributed by atoms with Crippen LogP contribution in [0.15, 0.2) is 39.1 Å². The first-order chi connectivity index (χ1) is 20.3. The third-order valence-corrected chi connectivity index (χ3v) is 9.67. The zero-order chi connectivity index (χ0) is 33.0. The molecule has 44 heavy (non-hydrogen) atoms. The third-order valence-electron chi connectivity index (χ3n) is 5.87. The van der Waals surface area contributed by atoms with Crippen LogP contribution in [0.1, 0.15) is 47.1 Å². The number of aromatic nitrogens is 2. The molecule has 21 nitrogen and oxygen atoms in total. The van der Waals surface area contributed by atoms with Gasteiger partial charge >= 0.3 is 35.1 Å². The Hall–Kier alpha value is -3.15. The number of phosphoric ester groups is 1. The first-order valence-corrected chi connectivity index (χ1v) is 16.6. The van der Waals surface area contributed by atoms with E-state index in [4.69, 9.17) is 29.5 Å². The fourth-order valence-electron chi connectivity index (χ4n) is 3.96. The summed E-state index contributed by atoms with van der Waals surface area (Å²) in [5.74, 6) is -0.673. The molecular weight excluding hydrogens is 659 g/mol. The molecule has 1 aromatic heterocycles. The van der Waals surface area contributed by atoms with Gasteiger partial charge in [0.05, 0.1) is 25.3 Å². The lowest BCUT2D eigenvalue weighted by atomic mass is 10.0. The van der Waals surface area contributed by atoms with E-state index in [9.17, 15) is 37.9 Å². The quantitative estimate of drug-likeness (QED) is 0.0662. The maximum Gasteiger partial charge on any atom is 0.490 e. The summed E-state index contributed by atoms with van der Waals surface area (Å²) < 4.78 is 64.2. The molecule has 4 unspecified atom stereocenters. The molecule has 3 rings (SSSR count). The van der Waals surface area contributed by atoms with Gasteiger partial charge in [0.2, 0.25) is 0 Å². The van der Waals surface area contributed by atoms with Gasteiger partial charge in [0.25, 0.3) is 5.56 Å². The van der Waals surface area contributed by atoms with Gasteiger partial charge in [0, 0.05) is 23.1 Å². The number of rotatable bonds is 13. The normalized spacial score (nSPS) is 21.8. The minimum absolute atomic E-state index is 0.0714. The molecule has 1 aliphatic rings. The number of benzene rings is 1. The van der Waals surface area contributed by atoms with Crippen LogP contribution in [0, 0.1) is 6.92 Å². The Morgan fingerprint density at radius 3 is 2.50 bits per heavy atom. The van der Waals surface area contributed by atoms with E-state index < -0.39 is 71.8 Å². The van der Waals surface area contributed by atoms with E-state index in [0.29, 0.717) is 5.75 Å². The molecule has 24 heteroatoms. The number of azide groups is 1. The predicted octanol–water partition coefficient (Wildman–Crippen LogP) is 2.08. The van der Waals surface area contributed by atoms with Gasteiger partial charge in [-0.15, -0.1) is 0 Å². The zero-order valence-corrected chi connectivity index (χ0v) is 25.5. The van der Waals surface area contributed by atoms with Gasteiger partial charge in [0.1, 0.15) is 24.2 Å². The summed E-state index contributed by atoms with van der Waals surface area (Å²) in [7, 11) is -15.7. The van der Waals surface area contributed by atoms with Gasteiger partial charge in [-0.05, 0) is 36.2 Å². The van der Waals surface area contributed by atoms with Crippen LogP contribution >= 0.6 is 23.5 Å². The molecule has 6 atom stereocenters. The van der Waals surface area contributed by atoms with Crippen molar-refractivity contribution >= 4 is 29.4 Å². The van der Waals surface area contributed by atoms with E-state index in [1.54, 1.807) is 0 Å². The number of phosphoric acid groups is 3. The van der Waals surface area contributed by atoms with Crippen LogP contribution in [-0.4, -0.2) is 61.0 Å². The summed E-state index contributed by atoms with van der Waals surface area (Å²) in [6, 6.07) is 3.31. The Kier molecular flexibility index (Phi) is 11.1. The molecule has 0 radical (unpaired) electrons. The van der Waals surface area contributed by atoms with E-state index in [0.717, 1.165) is 10.8 Å². The van der Waals surface area contributed by atoms with Gasteiger partial charge in [0.15, 0.2) is 0 Å². The van der Waals surface area contributed by atoms with Crippen molar-refractivity contribution in [2.24, 2.45) is 5.11 Å². The summed E-state index contributed by atoms with van der Waals surface area (Å²) in [6.45, 7) is 1.88. The van der Waals surface area contributed by atoms with E-state index in [2.05, 4.69) is 28.2 Å². The number of carbonyl (C=O) groups excluding carboxylic acids is 1. The van der Waals surface area contributed by atoms with Crippen molar-refractivity contribution in [3.8, 4) is 5.75 Å². The zero-order valence-electron chi connectivity index (χ0n) is 22.9. The number of esters is 1. The number of ether oxygens (including phenoxy) is 3. The molecule has 2 aromatic rings. The van der Waals surface area contributed by atoms with Crippen molar-refractivity contribution in [3.63, 3.8) is 0 Å². The molecule has 0 aliphatic carbocycles. The summed E-state index contributed by atoms with van der Waals surface area (Å²) >= 11 is 0. The predicted molar refractivity (Wildman–Crippen MR) is 144 cm³/mol. The van der Waals surface area contributed by atoms with E-state index >= 15 is 0 Å². The Balaban J connectivity index is 1.91. The average molecular weight is 685 g/mol. The summed E-state index contributed by atoms with van der Waals surface area (Å²) in [4.78, 5) is 79.0. The number of aryl methyl sites for hydroxylation is 1. The first-order valence-electron chi connectivity index (χ1n) is 12.0. The topological polar surface area (TPSA) is 308 Å². The lowest BCUT2D eigenvalue weighted by molar-refractivity contribution is -0.0512. The molecule has 242 valence electrons. The fourth-order valence-corrected chi connectivity index (χ4v) is 6.99. The summed E-state index contributed by atoms with van der Waals surface area (Å²) in [5.41, 5.74) is 7.51. The summed E-state index contributed by atoms with van der Waals surface area (Å²) in [5, 5.41) is 3.57. The Bertz CT molecular complexity index is 1720. The number of carbonyl (C=O) groups is 1. The monoisotopic (exact) mass is 685 g/mol. The Morgan fingerprint density at radius 1 is 1.20 bits per heavy atom. The lowest BCUT2D eigenvalue weighted by Gasteiger charge is -2.22. The van der Waals surface area contributed by atoms with Crippen LogP contribution in [0.5, 0.6) is 5.75 Å². The number of nitrogens with zero attached hydrogens (tertiary/aromatic N) is 4. The van der Waals surface area contributed by atoms with Gasteiger partial charge in [-0.1, -0.05) is 12.0 Å². The SMILES string of the molecule is COc1ccc(C(=O)OC2C[C@H](n3cc(C)c(=O)[nH]c3=O)O[C@@H]2COP(=O)(O)OP(=O)(O)OP(=O)(O)O)c(C(C)N=[N+]=[N-])c1. The number of hydrogen-bond donors (Lipinski definition) is 5. The molecular formula is C20H26N5O16P3. The molecule has 0 bridgehead atoms. The van der Waals surface area contributed by atoms with Crippen molar-refractivity contribution in [2.75, 3.05) is 13.7 Å². The average Bonchev–Trinajstić information content (AvgIpc) is 3.29.